The number of primary sulfonamides is 1. The van der Waals surface area contributed by atoms with Crippen molar-refractivity contribution in [1.82, 2.24) is 4.37 Å². The summed E-state index contributed by atoms with van der Waals surface area (Å²) < 4.78 is 27.0. The number of hydrogen-bond acceptors (Lipinski definition) is 8. The van der Waals surface area contributed by atoms with E-state index in [9.17, 15) is 18.6 Å². The van der Waals surface area contributed by atoms with Gasteiger partial charge < -0.3 is 10.2 Å². The fraction of sp³-hybridized carbons (Fsp3) is 0. The van der Waals surface area contributed by atoms with E-state index in [1.165, 1.54) is 30.3 Å². The van der Waals surface area contributed by atoms with Crippen LogP contribution in [-0.4, -0.2) is 23.0 Å². The number of azo groups is 1. The number of nitrogens with two attached hydrogens (primary N) is 1. The van der Waals surface area contributed by atoms with Crippen molar-refractivity contribution in [3.63, 3.8) is 0 Å². The molecule has 3 rings (SSSR count). The van der Waals surface area contributed by atoms with Crippen molar-refractivity contribution in [1.29, 1.82) is 0 Å². The van der Waals surface area contributed by atoms with Crippen LogP contribution in [0.25, 0.3) is 10.9 Å². The first kappa shape index (κ1) is 15.3. The Morgan fingerprint density at radius 1 is 1.09 bits per heavy atom. The number of phenols is 2. The maximum absolute atomic E-state index is 11.4. The Hall–Kier alpha value is -2.56. The standard InChI is InChI=1S/C13H10N4O4S2/c14-23(20,21)8-2-4-10-9(6-8)13(22-17-10)16-15-11-3-1-7(18)5-12(11)19/h1-6,18-19H,(H2,14,20,21). The van der Waals surface area contributed by atoms with Crippen LogP contribution < -0.4 is 5.14 Å². The highest BCUT2D eigenvalue weighted by molar-refractivity contribution is 7.89. The fourth-order valence-corrected chi connectivity index (χ4v) is 3.08. The average molecular weight is 350 g/mol. The molecule has 0 saturated carbocycles. The van der Waals surface area contributed by atoms with Crippen LogP contribution in [0.5, 0.6) is 11.5 Å². The van der Waals surface area contributed by atoms with E-state index in [1.54, 1.807) is 0 Å². The maximum atomic E-state index is 11.4. The second-order valence-corrected chi connectivity index (χ2v) is 6.90. The lowest BCUT2D eigenvalue weighted by atomic mass is 10.2. The van der Waals surface area contributed by atoms with Crippen molar-refractivity contribution in [2.45, 2.75) is 4.90 Å². The van der Waals surface area contributed by atoms with Crippen LogP contribution in [-0.2, 0) is 10.0 Å². The van der Waals surface area contributed by atoms with Crippen LogP contribution in [0.3, 0.4) is 0 Å². The van der Waals surface area contributed by atoms with E-state index < -0.39 is 10.0 Å². The smallest absolute Gasteiger partial charge is 0.238 e. The average Bonchev–Trinajstić information content (AvgIpc) is 2.88. The van der Waals surface area contributed by atoms with Crippen LogP contribution in [0.1, 0.15) is 0 Å². The van der Waals surface area contributed by atoms with E-state index in [4.69, 9.17) is 5.14 Å². The first-order chi connectivity index (χ1) is 10.8. The second kappa shape index (κ2) is 5.57. The summed E-state index contributed by atoms with van der Waals surface area (Å²) in [4.78, 5) is -0.0471. The third kappa shape index (κ3) is 3.13. The fourth-order valence-electron chi connectivity index (χ4n) is 1.85. The molecule has 3 aromatic rings. The third-order valence-corrected chi connectivity index (χ3v) is 4.64. The Kier molecular flexibility index (Phi) is 3.72. The summed E-state index contributed by atoms with van der Waals surface area (Å²) in [6, 6.07) is 8.16. The van der Waals surface area contributed by atoms with Gasteiger partial charge >= 0.3 is 0 Å². The van der Waals surface area contributed by atoms with Gasteiger partial charge in [0, 0.05) is 11.5 Å². The minimum absolute atomic E-state index is 0.0471. The molecule has 0 spiro atoms. The molecule has 1 heterocycles. The molecule has 4 N–H and O–H groups in total. The van der Waals surface area contributed by atoms with Crippen LogP contribution in [0.2, 0.25) is 0 Å². The van der Waals surface area contributed by atoms with Gasteiger partial charge in [0.25, 0.3) is 0 Å². The molecule has 0 unspecified atom stereocenters. The van der Waals surface area contributed by atoms with Crippen LogP contribution >= 0.6 is 11.5 Å². The molecule has 0 radical (unpaired) electrons. The number of sulfonamides is 1. The largest absolute Gasteiger partial charge is 0.508 e. The first-order valence-corrected chi connectivity index (χ1v) is 8.52. The lowest BCUT2D eigenvalue weighted by Crippen LogP contribution is -2.11. The van der Waals surface area contributed by atoms with Gasteiger partial charge in [0.05, 0.1) is 10.4 Å². The number of hydrogen-bond donors (Lipinski definition) is 3. The summed E-state index contributed by atoms with van der Waals surface area (Å²) in [5.74, 6) is -0.324. The number of nitrogens with zero attached hydrogens (tertiary/aromatic N) is 3. The molecule has 1 aromatic heterocycles. The third-order valence-electron chi connectivity index (χ3n) is 2.96. The number of fused-ring (bicyclic) bond motifs is 1. The summed E-state index contributed by atoms with van der Waals surface area (Å²) in [5, 5.41) is 32.7. The summed E-state index contributed by atoms with van der Waals surface area (Å²) in [5.41, 5.74) is 0.721. The van der Waals surface area contributed by atoms with Crippen molar-refractivity contribution in [3.05, 3.63) is 36.4 Å². The number of aromatic nitrogens is 1. The van der Waals surface area contributed by atoms with Gasteiger partial charge in [0.1, 0.15) is 17.2 Å². The molecule has 23 heavy (non-hydrogen) atoms. The Morgan fingerprint density at radius 3 is 2.57 bits per heavy atom. The predicted molar refractivity (Wildman–Crippen MR) is 84.9 cm³/mol. The SMILES string of the molecule is NS(=O)(=O)c1ccc2nsc(N=Nc3ccc(O)cc3O)c2c1. The number of rotatable bonds is 3. The minimum Gasteiger partial charge on any atom is -0.508 e. The molecule has 118 valence electrons. The normalized spacial score (nSPS) is 12.2. The molecule has 0 fully saturated rings. The van der Waals surface area contributed by atoms with E-state index in [2.05, 4.69) is 14.6 Å². The molecule has 8 nitrogen and oxygen atoms in total. The topological polar surface area (TPSA) is 138 Å². The molecule has 0 amide bonds. The van der Waals surface area contributed by atoms with Gasteiger partial charge in [-0.15, -0.1) is 10.2 Å². The highest BCUT2D eigenvalue weighted by Crippen LogP contribution is 2.35. The molecule has 0 saturated heterocycles. The van der Waals surface area contributed by atoms with E-state index in [1.807, 2.05) is 0 Å². The van der Waals surface area contributed by atoms with Crippen molar-refractivity contribution in [2.75, 3.05) is 0 Å². The monoisotopic (exact) mass is 350 g/mol. The van der Waals surface area contributed by atoms with Gasteiger partial charge in [-0.2, -0.15) is 4.37 Å². The van der Waals surface area contributed by atoms with E-state index in [0.717, 1.165) is 17.6 Å². The molecule has 0 bridgehead atoms. The first-order valence-electron chi connectivity index (χ1n) is 6.20. The Morgan fingerprint density at radius 2 is 1.87 bits per heavy atom. The molecule has 2 aromatic carbocycles. The molecule has 0 aliphatic carbocycles. The summed E-state index contributed by atoms with van der Waals surface area (Å²) in [6.07, 6.45) is 0. The van der Waals surface area contributed by atoms with E-state index in [-0.39, 0.29) is 22.1 Å². The van der Waals surface area contributed by atoms with Crippen LogP contribution in [0.15, 0.2) is 51.5 Å². The molecule has 0 aliphatic heterocycles. The van der Waals surface area contributed by atoms with Gasteiger partial charge in [0.2, 0.25) is 10.0 Å². The highest BCUT2D eigenvalue weighted by Gasteiger charge is 2.12. The van der Waals surface area contributed by atoms with Crippen LogP contribution in [0, 0.1) is 0 Å². The zero-order chi connectivity index (χ0) is 16.6. The Labute approximate surface area is 134 Å². The number of phenolic OH excluding ortho intramolecular Hbond substituents is 2. The van der Waals surface area contributed by atoms with Gasteiger partial charge in [-0.05, 0) is 41.9 Å². The van der Waals surface area contributed by atoms with E-state index in [0.29, 0.717) is 15.9 Å². The van der Waals surface area contributed by atoms with Gasteiger partial charge in [0.15, 0.2) is 5.00 Å². The zero-order valence-electron chi connectivity index (χ0n) is 11.4. The summed E-state index contributed by atoms with van der Waals surface area (Å²) in [6.45, 7) is 0. The number of benzene rings is 2. The molecule has 10 heteroatoms. The molecule has 0 atom stereocenters. The van der Waals surface area contributed by atoms with Crippen LogP contribution in [0.4, 0.5) is 10.7 Å². The quantitative estimate of drug-likeness (QED) is 0.623. The molecular formula is C13H10N4O4S2. The van der Waals surface area contributed by atoms with Gasteiger partial charge in [-0.3, -0.25) is 0 Å². The van der Waals surface area contributed by atoms with Gasteiger partial charge in [-0.25, -0.2) is 13.6 Å². The Bertz CT molecular complexity index is 1030. The van der Waals surface area contributed by atoms with Crippen molar-refractivity contribution >= 4 is 43.1 Å². The molecular weight excluding hydrogens is 340 g/mol. The zero-order valence-corrected chi connectivity index (χ0v) is 13.0. The second-order valence-electron chi connectivity index (χ2n) is 4.58. The lowest BCUT2D eigenvalue weighted by molar-refractivity contribution is 0.451. The highest BCUT2D eigenvalue weighted by atomic mass is 32.2. The minimum atomic E-state index is -3.83. The maximum Gasteiger partial charge on any atom is 0.238 e. The van der Waals surface area contributed by atoms with Crippen molar-refractivity contribution in [2.24, 2.45) is 15.4 Å². The van der Waals surface area contributed by atoms with Crippen molar-refractivity contribution < 1.29 is 18.6 Å². The summed E-state index contributed by atoms with van der Waals surface area (Å²) in [7, 11) is -3.83. The Balaban J connectivity index is 2.04. The predicted octanol–water partition coefficient (Wildman–Crippen LogP) is 2.77. The molecule has 0 aliphatic rings. The van der Waals surface area contributed by atoms with Gasteiger partial charge in [-0.1, -0.05) is 0 Å². The van der Waals surface area contributed by atoms with E-state index >= 15 is 0 Å². The summed E-state index contributed by atoms with van der Waals surface area (Å²) >= 11 is 1.03. The number of aromatic hydroxyl groups is 2. The van der Waals surface area contributed by atoms with Crippen molar-refractivity contribution in [3.8, 4) is 11.5 Å². The lowest BCUT2D eigenvalue weighted by Gasteiger charge is -1.98.